The first kappa shape index (κ1) is 17.2. The second kappa shape index (κ2) is 7.60. The lowest BCUT2D eigenvalue weighted by Crippen LogP contribution is -2.18. The highest BCUT2D eigenvalue weighted by atomic mass is 79.9. The molecule has 1 aromatic heterocycles. The fourth-order valence-corrected chi connectivity index (χ4v) is 3.44. The molecule has 5 heteroatoms. The van der Waals surface area contributed by atoms with E-state index in [2.05, 4.69) is 31.4 Å². The van der Waals surface area contributed by atoms with E-state index in [1.807, 2.05) is 78.9 Å². The molecule has 4 rings (SSSR count). The number of fused-ring (bicyclic) bond motifs is 1. The topological polar surface area (TPSA) is 57.2 Å². The Morgan fingerprint density at radius 2 is 1.74 bits per heavy atom. The predicted octanol–water partition coefficient (Wildman–Crippen LogP) is 5.36. The number of amides is 1. The zero-order valence-corrected chi connectivity index (χ0v) is 15.9. The molecule has 0 spiro atoms. The van der Waals surface area contributed by atoms with Crippen molar-refractivity contribution in [1.82, 2.24) is 10.4 Å². The molecule has 0 fully saturated rings. The number of nitrogens with one attached hydrogen (secondary N) is 2. The summed E-state index contributed by atoms with van der Waals surface area (Å²) in [4.78, 5) is 16.0. The first-order valence-electron chi connectivity index (χ1n) is 8.47. The van der Waals surface area contributed by atoms with Crippen LogP contribution in [0.4, 0.5) is 0 Å². The smallest absolute Gasteiger partial charge is 0.288 e. The van der Waals surface area contributed by atoms with Gasteiger partial charge in [-0.25, -0.2) is 5.43 Å². The second-order valence-corrected chi connectivity index (χ2v) is 6.96. The third-order valence-electron chi connectivity index (χ3n) is 4.22. The Labute approximate surface area is 165 Å². The van der Waals surface area contributed by atoms with Crippen LogP contribution in [0.15, 0.2) is 88.4 Å². The number of para-hydroxylation sites is 1. The van der Waals surface area contributed by atoms with Crippen LogP contribution in [0.25, 0.3) is 22.0 Å². The number of benzene rings is 3. The molecular formula is C22H16BrN3O. The molecule has 3 aromatic carbocycles. The van der Waals surface area contributed by atoms with Crippen LogP contribution in [-0.2, 0) is 0 Å². The number of hydrogen-bond donors (Lipinski definition) is 2. The Morgan fingerprint density at radius 3 is 2.56 bits per heavy atom. The summed E-state index contributed by atoms with van der Waals surface area (Å²) in [6.45, 7) is 0. The van der Waals surface area contributed by atoms with Crippen LogP contribution in [0.1, 0.15) is 16.1 Å². The number of aromatic amines is 1. The van der Waals surface area contributed by atoms with Gasteiger partial charge in [-0.15, -0.1) is 0 Å². The Balaban J connectivity index is 1.68. The van der Waals surface area contributed by atoms with E-state index < -0.39 is 0 Å². The standard InChI is InChI=1S/C22H16BrN3O/c23-17-10-6-7-15(13-17)14-24-26-22(27)21-20(16-8-2-1-3-9-16)18-11-4-5-12-19(18)25-21/h1-14,25H,(H,26,27). The van der Waals surface area contributed by atoms with Crippen molar-refractivity contribution in [2.24, 2.45) is 5.10 Å². The number of H-pyrrole nitrogens is 1. The minimum atomic E-state index is -0.281. The molecule has 0 unspecified atom stereocenters. The lowest BCUT2D eigenvalue weighted by molar-refractivity contribution is 0.0951. The van der Waals surface area contributed by atoms with Gasteiger partial charge in [0.1, 0.15) is 5.69 Å². The van der Waals surface area contributed by atoms with E-state index in [0.717, 1.165) is 32.1 Å². The highest BCUT2D eigenvalue weighted by Gasteiger charge is 2.18. The molecule has 1 amide bonds. The Kier molecular flexibility index (Phi) is 4.85. The average molecular weight is 418 g/mol. The average Bonchev–Trinajstić information content (AvgIpc) is 3.08. The van der Waals surface area contributed by atoms with Gasteiger partial charge in [0, 0.05) is 20.9 Å². The maximum atomic E-state index is 12.8. The van der Waals surface area contributed by atoms with Gasteiger partial charge in [0.25, 0.3) is 5.91 Å². The summed E-state index contributed by atoms with van der Waals surface area (Å²) in [7, 11) is 0. The molecule has 2 N–H and O–H groups in total. The normalized spacial score (nSPS) is 11.1. The van der Waals surface area contributed by atoms with E-state index in [4.69, 9.17) is 0 Å². The third kappa shape index (κ3) is 3.68. The van der Waals surface area contributed by atoms with Gasteiger partial charge >= 0.3 is 0 Å². The van der Waals surface area contributed by atoms with E-state index in [9.17, 15) is 4.79 Å². The van der Waals surface area contributed by atoms with Crippen LogP contribution in [0.3, 0.4) is 0 Å². The fourth-order valence-electron chi connectivity index (χ4n) is 3.03. The molecule has 0 aliphatic rings. The molecule has 4 nitrogen and oxygen atoms in total. The molecule has 0 bridgehead atoms. The first-order valence-corrected chi connectivity index (χ1v) is 9.27. The number of hydrazone groups is 1. The number of halogens is 1. The molecule has 0 atom stereocenters. The van der Waals surface area contributed by atoms with Crippen molar-refractivity contribution in [1.29, 1.82) is 0 Å². The number of carbonyl (C=O) groups is 1. The molecule has 0 saturated carbocycles. The van der Waals surface area contributed by atoms with Crippen LogP contribution in [0.5, 0.6) is 0 Å². The van der Waals surface area contributed by atoms with Crippen LogP contribution < -0.4 is 5.43 Å². The molecule has 1 heterocycles. The summed E-state index contributed by atoms with van der Waals surface area (Å²) in [5.41, 5.74) is 6.78. The van der Waals surface area contributed by atoms with E-state index in [-0.39, 0.29) is 5.91 Å². The Hall–Kier alpha value is -3.18. The van der Waals surface area contributed by atoms with Gasteiger partial charge in [-0.2, -0.15) is 5.10 Å². The van der Waals surface area contributed by atoms with Crippen molar-refractivity contribution < 1.29 is 4.79 Å². The van der Waals surface area contributed by atoms with Gasteiger partial charge in [0.15, 0.2) is 0 Å². The minimum absolute atomic E-state index is 0.281. The Morgan fingerprint density at radius 1 is 0.963 bits per heavy atom. The summed E-state index contributed by atoms with van der Waals surface area (Å²) in [5.74, 6) is -0.281. The van der Waals surface area contributed by atoms with Crippen molar-refractivity contribution in [3.8, 4) is 11.1 Å². The van der Waals surface area contributed by atoms with Crippen LogP contribution >= 0.6 is 15.9 Å². The molecular weight excluding hydrogens is 402 g/mol. The lowest BCUT2D eigenvalue weighted by Gasteiger charge is -2.04. The van der Waals surface area contributed by atoms with Crippen molar-refractivity contribution in [3.05, 3.63) is 94.6 Å². The number of carbonyl (C=O) groups excluding carboxylic acids is 1. The number of hydrogen-bond acceptors (Lipinski definition) is 2. The maximum Gasteiger partial charge on any atom is 0.288 e. The predicted molar refractivity (Wildman–Crippen MR) is 113 cm³/mol. The molecule has 0 saturated heterocycles. The SMILES string of the molecule is O=C(NN=Cc1cccc(Br)c1)c1[nH]c2ccccc2c1-c1ccccc1. The summed E-state index contributed by atoms with van der Waals surface area (Å²) in [6, 6.07) is 25.5. The highest BCUT2D eigenvalue weighted by molar-refractivity contribution is 9.10. The van der Waals surface area contributed by atoms with E-state index >= 15 is 0 Å². The Bertz CT molecular complexity index is 1130. The highest BCUT2D eigenvalue weighted by Crippen LogP contribution is 2.32. The number of aromatic nitrogens is 1. The summed E-state index contributed by atoms with van der Waals surface area (Å²) >= 11 is 3.42. The summed E-state index contributed by atoms with van der Waals surface area (Å²) < 4.78 is 0.958. The quantitative estimate of drug-likeness (QED) is 0.340. The van der Waals surface area contributed by atoms with Crippen LogP contribution in [0.2, 0.25) is 0 Å². The van der Waals surface area contributed by atoms with Crippen LogP contribution in [-0.4, -0.2) is 17.1 Å². The zero-order chi connectivity index (χ0) is 18.6. The van der Waals surface area contributed by atoms with Gasteiger partial charge in [-0.1, -0.05) is 76.6 Å². The molecule has 27 heavy (non-hydrogen) atoms. The van der Waals surface area contributed by atoms with E-state index in [1.54, 1.807) is 6.21 Å². The second-order valence-electron chi connectivity index (χ2n) is 6.04. The van der Waals surface area contributed by atoms with Crippen molar-refractivity contribution >= 4 is 39.0 Å². The van der Waals surface area contributed by atoms with E-state index in [1.165, 1.54) is 0 Å². The molecule has 0 aliphatic carbocycles. The van der Waals surface area contributed by atoms with Crippen molar-refractivity contribution in [3.63, 3.8) is 0 Å². The molecule has 0 aliphatic heterocycles. The summed E-state index contributed by atoms with van der Waals surface area (Å²) in [5, 5.41) is 5.10. The van der Waals surface area contributed by atoms with Crippen molar-refractivity contribution in [2.45, 2.75) is 0 Å². The largest absolute Gasteiger partial charge is 0.350 e. The maximum absolute atomic E-state index is 12.8. The van der Waals surface area contributed by atoms with Gasteiger partial charge in [-0.3, -0.25) is 4.79 Å². The third-order valence-corrected chi connectivity index (χ3v) is 4.72. The summed E-state index contributed by atoms with van der Waals surface area (Å²) in [6.07, 6.45) is 1.62. The molecule has 132 valence electrons. The lowest BCUT2D eigenvalue weighted by atomic mass is 10.0. The van der Waals surface area contributed by atoms with Gasteiger partial charge in [0.2, 0.25) is 0 Å². The number of nitrogens with zero attached hydrogens (tertiary/aromatic N) is 1. The minimum Gasteiger partial charge on any atom is -0.350 e. The molecule has 0 radical (unpaired) electrons. The van der Waals surface area contributed by atoms with Crippen molar-refractivity contribution in [2.75, 3.05) is 0 Å². The van der Waals surface area contributed by atoms with Gasteiger partial charge in [-0.05, 0) is 29.3 Å². The molecule has 4 aromatic rings. The van der Waals surface area contributed by atoms with E-state index in [0.29, 0.717) is 5.69 Å². The van der Waals surface area contributed by atoms with Gasteiger partial charge in [0.05, 0.1) is 6.21 Å². The first-order chi connectivity index (χ1) is 13.2. The monoisotopic (exact) mass is 417 g/mol. The fraction of sp³-hybridized carbons (Fsp3) is 0. The van der Waals surface area contributed by atoms with Gasteiger partial charge < -0.3 is 4.98 Å². The zero-order valence-electron chi connectivity index (χ0n) is 14.3. The van der Waals surface area contributed by atoms with Crippen LogP contribution in [0, 0.1) is 0 Å². The number of rotatable bonds is 4.